The van der Waals surface area contributed by atoms with Gasteiger partial charge >= 0.3 is 0 Å². The Balaban J connectivity index is 0.00000280. The van der Waals surface area contributed by atoms with Gasteiger partial charge in [-0.15, -0.1) is 46.7 Å². The molecule has 3 rings (SSSR count). The standard InChI is InChI=1S/C20H31N5S2.HI/c1-4-21-20(24(3)13-18-15-27-16(2)23-18)22-12-17-7-9-25(10-8-17)14-19-6-5-11-26-19;/h5-6,11,15,17H,4,7-10,12-14H2,1-3H3,(H,21,22);1H. The second kappa shape index (κ2) is 12.1. The third kappa shape index (κ3) is 7.27. The molecule has 0 aromatic carbocycles. The van der Waals surface area contributed by atoms with Crippen LogP contribution in [0.2, 0.25) is 0 Å². The second-order valence-electron chi connectivity index (χ2n) is 7.21. The Labute approximate surface area is 194 Å². The number of likely N-dealkylation sites (tertiary alicyclic amines) is 1. The maximum atomic E-state index is 4.93. The highest BCUT2D eigenvalue weighted by atomic mass is 127. The molecular weight excluding hydrogens is 501 g/mol. The fraction of sp³-hybridized carbons (Fsp3) is 0.600. The van der Waals surface area contributed by atoms with Crippen molar-refractivity contribution < 1.29 is 0 Å². The molecule has 156 valence electrons. The molecule has 1 saturated heterocycles. The lowest BCUT2D eigenvalue weighted by Gasteiger charge is -2.31. The molecule has 0 radical (unpaired) electrons. The summed E-state index contributed by atoms with van der Waals surface area (Å²) < 4.78 is 0. The third-order valence-electron chi connectivity index (χ3n) is 4.93. The van der Waals surface area contributed by atoms with Crippen molar-refractivity contribution in [1.29, 1.82) is 0 Å². The van der Waals surface area contributed by atoms with Crippen LogP contribution in [-0.4, -0.2) is 54.0 Å². The van der Waals surface area contributed by atoms with Crippen LogP contribution in [0.25, 0.3) is 0 Å². The van der Waals surface area contributed by atoms with Crippen LogP contribution in [0, 0.1) is 12.8 Å². The molecular formula is C20H32IN5S2. The number of piperidine rings is 1. The number of aliphatic imine (C=N–C) groups is 1. The summed E-state index contributed by atoms with van der Waals surface area (Å²) >= 11 is 3.57. The van der Waals surface area contributed by atoms with Crippen LogP contribution < -0.4 is 5.32 Å². The number of nitrogens with one attached hydrogen (secondary N) is 1. The number of thiophene rings is 1. The first-order valence-electron chi connectivity index (χ1n) is 9.79. The van der Waals surface area contributed by atoms with Gasteiger partial charge in [-0.3, -0.25) is 9.89 Å². The molecule has 0 saturated carbocycles. The van der Waals surface area contributed by atoms with Crippen LogP contribution in [0.5, 0.6) is 0 Å². The van der Waals surface area contributed by atoms with E-state index in [4.69, 9.17) is 4.99 Å². The molecule has 1 aliphatic rings. The highest BCUT2D eigenvalue weighted by molar-refractivity contribution is 14.0. The summed E-state index contributed by atoms with van der Waals surface area (Å²) in [6.45, 7) is 10.2. The normalized spacial score (nSPS) is 16.0. The zero-order valence-electron chi connectivity index (χ0n) is 17.1. The predicted octanol–water partition coefficient (Wildman–Crippen LogP) is 4.44. The SMILES string of the molecule is CCNC(=NCC1CCN(Cc2cccs2)CC1)N(C)Cc1csc(C)n1.I. The van der Waals surface area contributed by atoms with E-state index in [1.54, 1.807) is 11.3 Å². The monoisotopic (exact) mass is 533 g/mol. The molecule has 0 amide bonds. The van der Waals surface area contributed by atoms with Gasteiger partial charge in [0, 0.05) is 36.9 Å². The number of nitrogens with zero attached hydrogens (tertiary/aromatic N) is 4. The van der Waals surface area contributed by atoms with Gasteiger partial charge in [0.25, 0.3) is 0 Å². The zero-order chi connectivity index (χ0) is 19.1. The van der Waals surface area contributed by atoms with E-state index in [-0.39, 0.29) is 24.0 Å². The van der Waals surface area contributed by atoms with Crippen molar-refractivity contribution >= 4 is 52.6 Å². The maximum Gasteiger partial charge on any atom is 0.194 e. The van der Waals surface area contributed by atoms with E-state index in [1.807, 2.05) is 11.3 Å². The van der Waals surface area contributed by atoms with Crippen molar-refractivity contribution in [2.75, 3.05) is 33.2 Å². The Morgan fingerprint density at radius 2 is 2.14 bits per heavy atom. The van der Waals surface area contributed by atoms with Crippen LogP contribution in [0.4, 0.5) is 0 Å². The van der Waals surface area contributed by atoms with E-state index in [2.05, 4.69) is 63.9 Å². The summed E-state index contributed by atoms with van der Waals surface area (Å²) in [5, 5.41) is 8.86. The van der Waals surface area contributed by atoms with Crippen molar-refractivity contribution in [3.8, 4) is 0 Å². The van der Waals surface area contributed by atoms with Gasteiger partial charge in [0.15, 0.2) is 5.96 Å². The number of rotatable bonds is 7. The van der Waals surface area contributed by atoms with E-state index < -0.39 is 0 Å². The van der Waals surface area contributed by atoms with E-state index in [0.717, 1.165) is 42.8 Å². The largest absolute Gasteiger partial charge is 0.357 e. The molecule has 0 atom stereocenters. The number of hydrogen-bond donors (Lipinski definition) is 1. The van der Waals surface area contributed by atoms with Gasteiger partial charge in [-0.2, -0.15) is 0 Å². The molecule has 8 heteroatoms. The molecule has 3 heterocycles. The van der Waals surface area contributed by atoms with Crippen molar-refractivity contribution in [3.05, 3.63) is 38.5 Å². The second-order valence-corrected chi connectivity index (χ2v) is 9.30. The van der Waals surface area contributed by atoms with Crippen LogP contribution in [-0.2, 0) is 13.1 Å². The lowest BCUT2D eigenvalue weighted by atomic mass is 9.97. The highest BCUT2D eigenvalue weighted by Gasteiger charge is 2.20. The molecule has 0 unspecified atom stereocenters. The van der Waals surface area contributed by atoms with Crippen LogP contribution in [0.1, 0.15) is 35.3 Å². The Morgan fingerprint density at radius 1 is 1.36 bits per heavy atom. The van der Waals surface area contributed by atoms with Gasteiger partial charge in [0.1, 0.15) is 0 Å². The van der Waals surface area contributed by atoms with E-state index >= 15 is 0 Å². The summed E-state index contributed by atoms with van der Waals surface area (Å²) in [6.07, 6.45) is 2.48. The minimum atomic E-state index is 0. The Bertz CT molecular complexity index is 708. The number of hydrogen-bond acceptors (Lipinski definition) is 5. The number of aryl methyl sites for hydroxylation is 1. The zero-order valence-corrected chi connectivity index (χ0v) is 21.0. The summed E-state index contributed by atoms with van der Waals surface area (Å²) in [5.74, 6) is 1.68. The molecule has 0 spiro atoms. The van der Waals surface area contributed by atoms with E-state index in [0.29, 0.717) is 5.92 Å². The van der Waals surface area contributed by atoms with Crippen LogP contribution >= 0.6 is 46.7 Å². The summed E-state index contributed by atoms with van der Waals surface area (Å²) in [6, 6.07) is 4.39. The minimum Gasteiger partial charge on any atom is -0.357 e. The van der Waals surface area contributed by atoms with Gasteiger partial charge in [-0.05, 0) is 57.1 Å². The first-order valence-corrected chi connectivity index (χ1v) is 11.5. The van der Waals surface area contributed by atoms with Crippen molar-refractivity contribution in [2.45, 2.75) is 39.8 Å². The third-order valence-corrected chi connectivity index (χ3v) is 6.61. The number of thiazole rings is 1. The maximum absolute atomic E-state index is 4.93. The van der Waals surface area contributed by atoms with E-state index in [9.17, 15) is 0 Å². The molecule has 2 aromatic heterocycles. The van der Waals surface area contributed by atoms with Gasteiger partial charge < -0.3 is 10.2 Å². The van der Waals surface area contributed by atoms with E-state index in [1.165, 1.54) is 30.8 Å². The molecule has 5 nitrogen and oxygen atoms in total. The molecule has 0 bridgehead atoms. The lowest BCUT2D eigenvalue weighted by Crippen LogP contribution is -2.39. The average molecular weight is 534 g/mol. The smallest absolute Gasteiger partial charge is 0.194 e. The molecule has 0 aliphatic carbocycles. The Hall–Kier alpha value is -0.710. The molecule has 2 aromatic rings. The highest BCUT2D eigenvalue weighted by Crippen LogP contribution is 2.21. The number of aromatic nitrogens is 1. The summed E-state index contributed by atoms with van der Waals surface area (Å²) in [7, 11) is 2.10. The van der Waals surface area contributed by atoms with Crippen molar-refractivity contribution in [1.82, 2.24) is 20.1 Å². The fourth-order valence-corrected chi connectivity index (χ4v) is 4.78. The Morgan fingerprint density at radius 3 is 2.75 bits per heavy atom. The van der Waals surface area contributed by atoms with Gasteiger partial charge in [0.05, 0.1) is 17.2 Å². The van der Waals surface area contributed by atoms with Crippen molar-refractivity contribution in [3.63, 3.8) is 0 Å². The van der Waals surface area contributed by atoms with Gasteiger partial charge in [-0.1, -0.05) is 6.07 Å². The summed E-state index contributed by atoms with van der Waals surface area (Å²) in [5.41, 5.74) is 1.12. The first-order chi connectivity index (χ1) is 13.1. The van der Waals surface area contributed by atoms with Gasteiger partial charge in [-0.25, -0.2) is 4.98 Å². The fourth-order valence-electron chi connectivity index (χ4n) is 3.43. The molecule has 1 fully saturated rings. The average Bonchev–Trinajstić information content (AvgIpc) is 3.31. The lowest BCUT2D eigenvalue weighted by molar-refractivity contribution is 0.182. The van der Waals surface area contributed by atoms with Crippen LogP contribution in [0.15, 0.2) is 27.9 Å². The summed E-state index contributed by atoms with van der Waals surface area (Å²) in [4.78, 5) is 15.7. The number of guanidine groups is 1. The van der Waals surface area contributed by atoms with Crippen LogP contribution in [0.3, 0.4) is 0 Å². The molecule has 1 N–H and O–H groups in total. The topological polar surface area (TPSA) is 43.8 Å². The van der Waals surface area contributed by atoms with Crippen molar-refractivity contribution in [2.24, 2.45) is 10.9 Å². The first kappa shape index (κ1) is 23.6. The molecule has 28 heavy (non-hydrogen) atoms. The van der Waals surface area contributed by atoms with Gasteiger partial charge in [0.2, 0.25) is 0 Å². The molecule has 1 aliphatic heterocycles. The number of halogens is 1. The predicted molar refractivity (Wildman–Crippen MR) is 132 cm³/mol. The quantitative estimate of drug-likeness (QED) is 0.325. The Kier molecular flexibility index (Phi) is 10.2. The minimum absolute atomic E-state index is 0.